The zero-order chi connectivity index (χ0) is 21.3. The number of aryl methyl sites for hydroxylation is 3. The van der Waals surface area contributed by atoms with Crippen LogP contribution in [0.1, 0.15) is 27.8 Å². The predicted octanol–water partition coefficient (Wildman–Crippen LogP) is 5.83. The third-order valence-electron chi connectivity index (χ3n) is 5.27. The minimum atomic E-state index is -0.253. The molecule has 30 heavy (non-hydrogen) atoms. The molecule has 0 aliphatic carbocycles. The lowest BCUT2D eigenvalue weighted by Gasteiger charge is -2.17. The van der Waals surface area contributed by atoms with E-state index in [9.17, 15) is 9.59 Å². The Morgan fingerprint density at radius 2 is 1.47 bits per heavy atom. The Kier molecular flexibility index (Phi) is 5.60. The van der Waals surface area contributed by atoms with Crippen LogP contribution in [-0.4, -0.2) is 11.8 Å². The standard InChI is InChI=1S/C26H23NO2S/c1-17-13-14-21(19(3)15-17)23-24(30-16-20-10-5-4-6-11-20)26(29)27(25(23)28)22-12-8-7-9-18(22)2/h4-15H,16H2,1-3H3. The summed E-state index contributed by atoms with van der Waals surface area (Å²) in [6, 6.07) is 23.5. The molecular formula is C26H23NO2S. The molecule has 3 nitrogen and oxygen atoms in total. The number of carbonyl (C=O) groups excluding carboxylic acids is 2. The third-order valence-corrected chi connectivity index (χ3v) is 6.42. The Morgan fingerprint density at radius 3 is 2.17 bits per heavy atom. The number of rotatable bonds is 5. The summed E-state index contributed by atoms with van der Waals surface area (Å²) >= 11 is 1.44. The fraction of sp³-hybridized carbons (Fsp3) is 0.154. The van der Waals surface area contributed by atoms with E-state index < -0.39 is 0 Å². The molecular weight excluding hydrogens is 390 g/mol. The molecule has 1 heterocycles. The van der Waals surface area contributed by atoms with Gasteiger partial charge in [-0.15, -0.1) is 11.8 Å². The van der Waals surface area contributed by atoms with Gasteiger partial charge in [0.25, 0.3) is 11.8 Å². The van der Waals surface area contributed by atoms with Gasteiger partial charge in [0.1, 0.15) is 0 Å². The first-order valence-electron chi connectivity index (χ1n) is 9.90. The van der Waals surface area contributed by atoms with Crippen LogP contribution in [0.5, 0.6) is 0 Å². The third kappa shape index (κ3) is 3.71. The average Bonchev–Trinajstić information content (AvgIpc) is 2.97. The van der Waals surface area contributed by atoms with E-state index in [4.69, 9.17) is 0 Å². The maximum absolute atomic E-state index is 13.6. The number of benzene rings is 3. The molecule has 0 aromatic heterocycles. The first-order valence-corrected chi connectivity index (χ1v) is 10.9. The molecule has 1 aliphatic heterocycles. The maximum atomic E-state index is 13.6. The molecule has 0 N–H and O–H groups in total. The second-order valence-corrected chi connectivity index (χ2v) is 8.51. The van der Waals surface area contributed by atoms with Gasteiger partial charge in [0.05, 0.1) is 16.2 Å². The molecule has 0 atom stereocenters. The summed E-state index contributed by atoms with van der Waals surface area (Å²) in [6.45, 7) is 5.93. The van der Waals surface area contributed by atoms with Crippen molar-refractivity contribution in [3.8, 4) is 0 Å². The Labute approximate surface area is 181 Å². The number of anilines is 1. The van der Waals surface area contributed by atoms with Crippen LogP contribution in [0.3, 0.4) is 0 Å². The molecule has 4 heteroatoms. The number of hydrogen-bond acceptors (Lipinski definition) is 3. The molecule has 1 aliphatic rings. The van der Waals surface area contributed by atoms with Crippen molar-refractivity contribution in [2.75, 3.05) is 4.90 Å². The van der Waals surface area contributed by atoms with Gasteiger partial charge in [0.15, 0.2) is 0 Å². The summed E-state index contributed by atoms with van der Waals surface area (Å²) in [5, 5.41) is 0. The number of nitrogens with zero attached hydrogens (tertiary/aromatic N) is 1. The minimum absolute atomic E-state index is 0.245. The molecule has 0 saturated heterocycles. The van der Waals surface area contributed by atoms with Gasteiger partial charge in [-0.25, -0.2) is 4.90 Å². The molecule has 150 valence electrons. The van der Waals surface area contributed by atoms with Crippen molar-refractivity contribution in [2.24, 2.45) is 0 Å². The Morgan fingerprint density at radius 1 is 0.767 bits per heavy atom. The van der Waals surface area contributed by atoms with E-state index in [-0.39, 0.29) is 11.8 Å². The summed E-state index contributed by atoms with van der Waals surface area (Å²) in [5.74, 6) is 0.132. The molecule has 0 saturated carbocycles. The normalized spacial score (nSPS) is 14.0. The Balaban J connectivity index is 1.80. The molecule has 3 aromatic rings. The summed E-state index contributed by atoms with van der Waals surface area (Å²) < 4.78 is 0. The van der Waals surface area contributed by atoms with Crippen LogP contribution in [0.25, 0.3) is 5.57 Å². The molecule has 3 aromatic carbocycles. The minimum Gasteiger partial charge on any atom is -0.268 e. The smallest absolute Gasteiger partial charge is 0.268 e. The van der Waals surface area contributed by atoms with E-state index in [2.05, 4.69) is 6.07 Å². The highest BCUT2D eigenvalue weighted by Gasteiger charge is 2.41. The number of carbonyl (C=O) groups is 2. The van der Waals surface area contributed by atoms with Crippen molar-refractivity contribution < 1.29 is 9.59 Å². The van der Waals surface area contributed by atoms with Gasteiger partial charge in [-0.05, 0) is 49.1 Å². The van der Waals surface area contributed by atoms with Gasteiger partial charge in [0.2, 0.25) is 0 Å². The maximum Gasteiger partial charge on any atom is 0.272 e. The van der Waals surface area contributed by atoms with E-state index in [0.29, 0.717) is 21.9 Å². The van der Waals surface area contributed by atoms with Crippen LogP contribution in [0.15, 0.2) is 77.7 Å². The van der Waals surface area contributed by atoms with Gasteiger partial charge >= 0.3 is 0 Å². The Bertz CT molecular complexity index is 1160. The van der Waals surface area contributed by atoms with E-state index >= 15 is 0 Å². The highest BCUT2D eigenvalue weighted by Crippen LogP contribution is 2.41. The summed E-state index contributed by atoms with van der Waals surface area (Å²) in [7, 11) is 0. The van der Waals surface area contributed by atoms with Gasteiger partial charge in [-0.3, -0.25) is 9.59 Å². The fourth-order valence-corrected chi connectivity index (χ4v) is 4.80. The SMILES string of the molecule is Cc1ccc(C2=C(SCc3ccccc3)C(=O)N(c3ccccc3C)C2=O)c(C)c1. The van der Waals surface area contributed by atoms with E-state index in [0.717, 1.165) is 27.8 Å². The van der Waals surface area contributed by atoms with E-state index in [1.165, 1.54) is 16.7 Å². The Hall–Kier alpha value is -3.11. The van der Waals surface area contributed by atoms with Gasteiger partial charge in [-0.2, -0.15) is 0 Å². The number of hydrogen-bond donors (Lipinski definition) is 0. The van der Waals surface area contributed by atoms with Crippen LogP contribution in [0, 0.1) is 20.8 Å². The van der Waals surface area contributed by atoms with Crippen molar-refractivity contribution in [2.45, 2.75) is 26.5 Å². The fourth-order valence-electron chi connectivity index (χ4n) is 3.74. The van der Waals surface area contributed by atoms with Crippen LogP contribution in [0.2, 0.25) is 0 Å². The molecule has 0 fully saturated rings. The first kappa shape index (κ1) is 20.2. The molecule has 0 radical (unpaired) electrons. The summed E-state index contributed by atoms with van der Waals surface area (Å²) in [5.41, 5.74) is 6.11. The molecule has 0 unspecified atom stereocenters. The zero-order valence-electron chi connectivity index (χ0n) is 17.3. The van der Waals surface area contributed by atoms with Gasteiger partial charge in [-0.1, -0.05) is 72.3 Å². The largest absolute Gasteiger partial charge is 0.272 e. The first-order chi connectivity index (χ1) is 14.5. The number of para-hydroxylation sites is 1. The second-order valence-electron chi connectivity index (χ2n) is 7.53. The topological polar surface area (TPSA) is 37.4 Å². The number of amides is 2. The predicted molar refractivity (Wildman–Crippen MR) is 124 cm³/mol. The quantitative estimate of drug-likeness (QED) is 0.494. The lowest BCUT2D eigenvalue weighted by atomic mass is 9.98. The van der Waals surface area contributed by atoms with E-state index in [1.807, 2.05) is 87.5 Å². The highest BCUT2D eigenvalue weighted by molar-refractivity contribution is 8.03. The lowest BCUT2D eigenvalue weighted by molar-refractivity contribution is -0.119. The van der Waals surface area contributed by atoms with Crippen molar-refractivity contribution in [3.05, 3.63) is 106 Å². The van der Waals surface area contributed by atoms with Crippen molar-refractivity contribution in [1.29, 1.82) is 0 Å². The van der Waals surface area contributed by atoms with Crippen LogP contribution in [-0.2, 0) is 15.3 Å². The van der Waals surface area contributed by atoms with Crippen molar-refractivity contribution >= 4 is 34.8 Å². The zero-order valence-corrected chi connectivity index (χ0v) is 18.1. The average molecular weight is 414 g/mol. The summed E-state index contributed by atoms with van der Waals surface area (Å²) in [4.78, 5) is 28.9. The summed E-state index contributed by atoms with van der Waals surface area (Å²) in [6.07, 6.45) is 0. The second kappa shape index (κ2) is 8.33. The molecule has 0 spiro atoms. The van der Waals surface area contributed by atoms with Crippen molar-refractivity contribution in [3.63, 3.8) is 0 Å². The monoisotopic (exact) mass is 413 g/mol. The number of thioether (sulfide) groups is 1. The molecule has 4 rings (SSSR count). The number of imide groups is 1. The van der Waals surface area contributed by atoms with Gasteiger partial charge < -0.3 is 0 Å². The van der Waals surface area contributed by atoms with Gasteiger partial charge in [0, 0.05) is 5.75 Å². The van der Waals surface area contributed by atoms with Crippen LogP contribution in [0.4, 0.5) is 5.69 Å². The molecule has 0 bridgehead atoms. The highest BCUT2D eigenvalue weighted by atomic mass is 32.2. The van der Waals surface area contributed by atoms with Crippen molar-refractivity contribution in [1.82, 2.24) is 0 Å². The van der Waals surface area contributed by atoms with E-state index in [1.54, 1.807) is 0 Å². The lowest BCUT2D eigenvalue weighted by Crippen LogP contribution is -2.32. The van der Waals surface area contributed by atoms with Crippen LogP contribution >= 0.6 is 11.8 Å². The molecule has 2 amide bonds. The van der Waals surface area contributed by atoms with Crippen LogP contribution < -0.4 is 4.90 Å².